The van der Waals surface area contributed by atoms with E-state index in [0.717, 1.165) is 6.07 Å². The number of methoxy groups -OCH3 is 1. The molecule has 0 unspecified atom stereocenters. The van der Waals surface area contributed by atoms with Crippen LogP contribution in [0.25, 0.3) is 0 Å². The first-order chi connectivity index (χ1) is 7.11. The Bertz CT molecular complexity index is 350. The van der Waals surface area contributed by atoms with Crippen molar-refractivity contribution in [1.82, 2.24) is 0 Å². The van der Waals surface area contributed by atoms with Crippen molar-refractivity contribution in [3.05, 3.63) is 29.3 Å². The second kappa shape index (κ2) is 6.62. The largest absolute Gasteiger partial charge is 0.494 e. The zero-order valence-corrected chi connectivity index (χ0v) is 9.69. The number of nitrogens with two attached hydrogens (primary N) is 2. The highest BCUT2D eigenvalue weighted by atomic mass is 35.5. The van der Waals surface area contributed by atoms with Crippen molar-refractivity contribution >= 4 is 12.4 Å². The van der Waals surface area contributed by atoms with Gasteiger partial charge in [0.05, 0.1) is 7.11 Å². The molecule has 0 fully saturated rings. The summed E-state index contributed by atoms with van der Waals surface area (Å²) in [6.07, 6.45) is 0.320. The monoisotopic (exact) mass is 252 g/mol. The molecule has 0 aromatic heterocycles. The zero-order valence-electron chi connectivity index (χ0n) is 8.87. The molecular formula is C10H15ClF2N2O. The summed E-state index contributed by atoms with van der Waals surface area (Å²) < 4.78 is 31.7. The summed E-state index contributed by atoms with van der Waals surface area (Å²) in [5.74, 6) is -1.44. The van der Waals surface area contributed by atoms with Crippen LogP contribution in [0.15, 0.2) is 12.1 Å². The summed E-state index contributed by atoms with van der Waals surface area (Å²) >= 11 is 0. The van der Waals surface area contributed by atoms with Gasteiger partial charge in [-0.15, -0.1) is 12.4 Å². The predicted octanol–water partition coefficient (Wildman–Crippen LogP) is 1.74. The molecule has 1 aromatic carbocycles. The molecular weight excluding hydrogens is 238 g/mol. The van der Waals surface area contributed by atoms with Gasteiger partial charge in [0.2, 0.25) is 0 Å². The molecule has 0 amide bonds. The molecule has 6 heteroatoms. The molecule has 92 valence electrons. The van der Waals surface area contributed by atoms with E-state index in [-0.39, 0.29) is 30.3 Å². The van der Waals surface area contributed by atoms with E-state index in [4.69, 9.17) is 16.2 Å². The molecule has 0 radical (unpaired) electrons. The van der Waals surface area contributed by atoms with E-state index >= 15 is 0 Å². The number of ether oxygens (including phenoxy) is 1. The molecule has 0 bridgehead atoms. The van der Waals surface area contributed by atoms with E-state index in [2.05, 4.69) is 0 Å². The topological polar surface area (TPSA) is 61.3 Å². The third kappa shape index (κ3) is 3.04. The Labute approximate surface area is 99.2 Å². The van der Waals surface area contributed by atoms with Crippen LogP contribution in [-0.2, 0) is 0 Å². The van der Waals surface area contributed by atoms with Gasteiger partial charge in [-0.05, 0) is 25.1 Å². The van der Waals surface area contributed by atoms with Crippen LogP contribution in [0.5, 0.6) is 5.75 Å². The molecule has 3 nitrogen and oxygen atoms in total. The highest BCUT2D eigenvalue weighted by molar-refractivity contribution is 5.85. The maximum atomic E-state index is 13.6. The van der Waals surface area contributed by atoms with Crippen LogP contribution in [0.4, 0.5) is 8.78 Å². The van der Waals surface area contributed by atoms with Crippen molar-refractivity contribution in [2.75, 3.05) is 13.7 Å². The summed E-state index contributed by atoms with van der Waals surface area (Å²) in [4.78, 5) is 0. The van der Waals surface area contributed by atoms with Gasteiger partial charge in [0.25, 0.3) is 0 Å². The van der Waals surface area contributed by atoms with Crippen molar-refractivity contribution in [2.24, 2.45) is 11.5 Å². The average Bonchev–Trinajstić information content (AvgIpc) is 2.18. The van der Waals surface area contributed by atoms with E-state index in [1.54, 1.807) is 0 Å². The van der Waals surface area contributed by atoms with Crippen molar-refractivity contribution in [1.29, 1.82) is 0 Å². The molecule has 0 aliphatic rings. The molecule has 0 heterocycles. The molecule has 1 atom stereocenters. The van der Waals surface area contributed by atoms with Gasteiger partial charge in [-0.1, -0.05) is 0 Å². The maximum absolute atomic E-state index is 13.6. The first kappa shape index (κ1) is 15.1. The van der Waals surface area contributed by atoms with Crippen LogP contribution >= 0.6 is 12.4 Å². The maximum Gasteiger partial charge on any atom is 0.172 e. The predicted molar refractivity (Wildman–Crippen MR) is 60.8 cm³/mol. The summed E-state index contributed by atoms with van der Waals surface area (Å²) in [6, 6.07) is 1.61. The Hall–Kier alpha value is -0.910. The van der Waals surface area contributed by atoms with E-state index < -0.39 is 17.7 Å². The van der Waals surface area contributed by atoms with Crippen LogP contribution in [0.2, 0.25) is 0 Å². The fourth-order valence-electron chi connectivity index (χ4n) is 1.37. The third-order valence-corrected chi connectivity index (χ3v) is 2.16. The highest BCUT2D eigenvalue weighted by Crippen LogP contribution is 2.27. The van der Waals surface area contributed by atoms with E-state index in [1.165, 1.54) is 13.2 Å². The highest BCUT2D eigenvalue weighted by Gasteiger charge is 2.19. The van der Waals surface area contributed by atoms with Gasteiger partial charge in [-0.25, -0.2) is 8.78 Å². The van der Waals surface area contributed by atoms with E-state index in [0.29, 0.717) is 6.42 Å². The number of rotatable bonds is 4. The minimum Gasteiger partial charge on any atom is -0.494 e. The second-order valence-electron chi connectivity index (χ2n) is 3.16. The Balaban J connectivity index is 0.00000225. The van der Waals surface area contributed by atoms with Gasteiger partial charge < -0.3 is 16.2 Å². The van der Waals surface area contributed by atoms with Gasteiger partial charge >= 0.3 is 0 Å². The van der Waals surface area contributed by atoms with Gasteiger partial charge in [-0.3, -0.25) is 0 Å². The Kier molecular flexibility index (Phi) is 6.25. The average molecular weight is 253 g/mol. The van der Waals surface area contributed by atoms with Gasteiger partial charge in [-0.2, -0.15) is 0 Å². The van der Waals surface area contributed by atoms with Crippen LogP contribution in [-0.4, -0.2) is 13.7 Å². The Morgan fingerprint density at radius 1 is 1.38 bits per heavy atom. The summed E-state index contributed by atoms with van der Waals surface area (Å²) in [5, 5.41) is 0. The molecule has 1 rings (SSSR count). The van der Waals surface area contributed by atoms with Crippen LogP contribution < -0.4 is 16.2 Å². The molecule has 0 aliphatic heterocycles. The first-order valence-corrected chi connectivity index (χ1v) is 4.59. The molecule has 1 aromatic rings. The van der Waals surface area contributed by atoms with Crippen LogP contribution in [0, 0.1) is 11.6 Å². The second-order valence-corrected chi connectivity index (χ2v) is 3.16. The van der Waals surface area contributed by atoms with Gasteiger partial charge in [0.1, 0.15) is 5.82 Å². The summed E-state index contributed by atoms with van der Waals surface area (Å²) in [6.45, 7) is 0.275. The Morgan fingerprint density at radius 3 is 2.50 bits per heavy atom. The molecule has 0 spiro atoms. The number of benzene rings is 1. The fourth-order valence-corrected chi connectivity index (χ4v) is 1.37. The number of hydrogen-bond donors (Lipinski definition) is 2. The standard InChI is InChI=1S/C10H14F2N2O.ClH/c1-15-8-3-2-6(11)9(10(8)12)7(14)4-5-13;/h2-3,7H,4-5,13-14H2,1H3;1H/t7-;/m1./s1. The third-order valence-electron chi connectivity index (χ3n) is 2.16. The summed E-state index contributed by atoms with van der Waals surface area (Å²) in [7, 11) is 1.31. The molecule has 4 N–H and O–H groups in total. The zero-order chi connectivity index (χ0) is 11.4. The van der Waals surface area contributed by atoms with E-state index in [1.807, 2.05) is 0 Å². The number of halogens is 3. The van der Waals surface area contributed by atoms with Crippen molar-refractivity contribution in [3.63, 3.8) is 0 Å². The van der Waals surface area contributed by atoms with Gasteiger partial charge in [0.15, 0.2) is 11.6 Å². The normalized spacial score (nSPS) is 11.8. The minimum atomic E-state index is -0.751. The van der Waals surface area contributed by atoms with Crippen molar-refractivity contribution in [3.8, 4) is 5.75 Å². The van der Waals surface area contributed by atoms with Crippen LogP contribution in [0.1, 0.15) is 18.0 Å². The molecule has 0 saturated carbocycles. The lowest BCUT2D eigenvalue weighted by Gasteiger charge is -2.14. The quantitative estimate of drug-likeness (QED) is 0.858. The molecule has 0 saturated heterocycles. The fraction of sp³-hybridized carbons (Fsp3) is 0.400. The molecule has 16 heavy (non-hydrogen) atoms. The van der Waals surface area contributed by atoms with Crippen molar-refractivity contribution < 1.29 is 13.5 Å². The van der Waals surface area contributed by atoms with Crippen molar-refractivity contribution in [2.45, 2.75) is 12.5 Å². The van der Waals surface area contributed by atoms with E-state index in [9.17, 15) is 8.78 Å². The smallest absolute Gasteiger partial charge is 0.172 e. The lowest BCUT2D eigenvalue weighted by molar-refractivity contribution is 0.377. The molecule has 0 aliphatic carbocycles. The summed E-state index contributed by atoms with van der Waals surface area (Å²) in [5.41, 5.74) is 10.7. The van der Waals surface area contributed by atoms with Crippen LogP contribution in [0.3, 0.4) is 0 Å². The minimum absolute atomic E-state index is 0. The Morgan fingerprint density at radius 2 is 2.00 bits per heavy atom. The van der Waals surface area contributed by atoms with Gasteiger partial charge in [0, 0.05) is 11.6 Å². The lowest BCUT2D eigenvalue weighted by atomic mass is 10.0. The number of hydrogen-bond acceptors (Lipinski definition) is 3. The SMILES string of the molecule is COc1ccc(F)c([C@H](N)CCN)c1F.Cl. The lowest BCUT2D eigenvalue weighted by Crippen LogP contribution is -2.18. The first-order valence-electron chi connectivity index (χ1n) is 4.59.